The number of fused-ring (bicyclic) bond motifs is 3. The number of carbonyl (C=O) groups is 2. The monoisotopic (exact) mass is 352 g/mol. The molecule has 0 aromatic heterocycles. The standard InChI is InChI=1S/C21H21FN2O2/c1-21(2)13-24-18(14-7-3-5-9-16(14)21)11-23(12-19(24)25)20(26)15-8-4-6-10-17(15)22/h3-10,18H,11-13H2,1-2H3. The summed E-state index contributed by atoms with van der Waals surface area (Å²) in [6.07, 6.45) is 0. The summed E-state index contributed by atoms with van der Waals surface area (Å²) in [6, 6.07) is 13.8. The number of hydrogen-bond donors (Lipinski definition) is 0. The highest BCUT2D eigenvalue weighted by atomic mass is 19.1. The first kappa shape index (κ1) is 16.8. The number of halogens is 1. The second-order valence-electron chi connectivity index (χ2n) is 7.67. The van der Waals surface area contributed by atoms with Crippen molar-refractivity contribution >= 4 is 11.8 Å². The van der Waals surface area contributed by atoms with Gasteiger partial charge in [0.05, 0.1) is 11.6 Å². The van der Waals surface area contributed by atoms with Crippen molar-refractivity contribution < 1.29 is 14.0 Å². The molecule has 0 N–H and O–H groups in total. The lowest BCUT2D eigenvalue weighted by Gasteiger charge is -2.49. The van der Waals surface area contributed by atoms with Crippen molar-refractivity contribution in [3.63, 3.8) is 0 Å². The molecule has 1 unspecified atom stereocenters. The molecule has 0 saturated carbocycles. The molecule has 26 heavy (non-hydrogen) atoms. The van der Waals surface area contributed by atoms with E-state index in [9.17, 15) is 14.0 Å². The molecule has 4 nitrogen and oxygen atoms in total. The molecule has 2 aromatic rings. The van der Waals surface area contributed by atoms with Gasteiger partial charge in [-0.05, 0) is 23.3 Å². The molecule has 0 aliphatic carbocycles. The zero-order chi connectivity index (χ0) is 18.5. The zero-order valence-corrected chi connectivity index (χ0v) is 14.9. The van der Waals surface area contributed by atoms with E-state index in [1.54, 1.807) is 12.1 Å². The van der Waals surface area contributed by atoms with E-state index in [0.717, 1.165) is 5.56 Å². The molecule has 1 fully saturated rings. The van der Waals surface area contributed by atoms with E-state index in [1.807, 2.05) is 23.1 Å². The van der Waals surface area contributed by atoms with Gasteiger partial charge in [-0.2, -0.15) is 0 Å². The van der Waals surface area contributed by atoms with Crippen LogP contribution < -0.4 is 0 Å². The van der Waals surface area contributed by atoms with E-state index >= 15 is 0 Å². The summed E-state index contributed by atoms with van der Waals surface area (Å²) >= 11 is 0. The van der Waals surface area contributed by atoms with Gasteiger partial charge in [-0.1, -0.05) is 50.2 Å². The average molecular weight is 352 g/mol. The van der Waals surface area contributed by atoms with Gasteiger partial charge in [-0.25, -0.2) is 4.39 Å². The van der Waals surface area contributed by atoms with Crippen LogP contribution in [0.15, 0.2) is 48.5 Å². The number of nitrogens with zero attached hydrogens (tertiary/aromatic N) is 2. The summed E-state index contributed by atoms with van der Waals surface area (Å²) < 4.78 is 14.0. The van der Waals surface area contributed by atoms with Crippen molar-refractivity contribution in [1.82, 2.24) is 9.80 Å². The molecule has 2 aliphatic heterocycles. The highest BCUT2D eigenvalue weighted by molar-refractivity contribution is 5.97. The summed E-state index contributed by atoms with van der Waals surface area (Å²) in [5.74, 6) is -1.08. The van der Waals surface area contributed by atoms with Gasteiger partial charge in [0, 0.05) is 18.5 Å². The predicted octanol–water partition coefficient (Wildman–Crippen LogP) is 3.14. The Hall–Kier alpha value is -2.69. The van der Waals surface area contributed by atoms with Gasteiger partial charge < -0.3 is 9.80 Å². The number of rotatable bonds is 1. The SMILES string of the molecule is CC1(C)CN2C(=O)CN(C(=O)c3ccccc3F)CC2c2ccccc21. The molecule has 0 spiro atoms. The van der Waals surface area contributed by atoms with Gasteiger partial charge in [0.25, 0.3) is 5.91 Å². The molecule has 2 heterocycles. The molecular weight excluding hydrogens is 331 g/mol. The summed E-state index contributed by atoms with van der Waals surface area (Å²) in [5.41, 5.74) is 2.15. The van der Waals surface area contributed by atoms with Crippen molar-refractivity contribution in [2.24, 2.45) is 0 Å². The molecule has 1 saturated heterocycles. The highest BCUT2D eigenvalue weighted by Gasteiger charge is 2.44. The summed E-state index contributed by atoms with van der Waals surface area (Å²) in [7, 11) is 0. The molecule has 2 aromatic carbocycles. The van der Waals surface area contributed by atoms with Gasteiger partial charge in [0.2, 0.25) is 5.91 Å². The smallest absolute Gasteiger partial charge is 0.257 e. The topological polar surface area (TPSA) is 40.6 Å². The summed E-state index contributed by atoms with van der Waals surface area (Å²) in [6.45, 7) is 5.25. The van der Waals surface area contributed by atoms with Gasteiger partial charge in [-0.15, -0.1) is 0 Å². The Morgan fingerprint density at radius 1 is 1.12 bits per heavy atom. The Labute approximate surface area is 152 Å². The third kappa shape index (κ3) is 2.59. The fraction of sp³-hybridized carbons (Fsp3) is 0.333. The van der Waals surface area contributed by atoms with Crippen LogP contribution in [-0.2, 0) is 10.2 Å². The van der Waals surface area contributed by atoms with Crippen LogP contribution in [0, 0.1) is 5.82 Å². The fourth-order valence-corrected chi connectivity index (χ4v) is 4.14. The molecule has 134 valence electrons. The van der Waals surface area contributed by atoms with Crippen LogP contribution in [0.25, 0.3) is 0 Å². The van der Waals surface area contributed by atoms with E-state index < -0.39 is 11.7 Å². The minimum Gasteiger partial charge on any atom is -0.331 e. The first-order valence-corrected chi connectivity index (χ1v) is 8.81. The van der Waals surface area contributed by atoms with E-state index in [2.05, 4.69) is 19.9 Å². The molecule has 2 amide bonds. The van der Waals surface area contributed by atoms with Crippen molar-refractivity contribution in [2.75, 3.05) is 19.6 Å². The van der Waals surface area contributed by atoms with Crippen LogP contribution in [0.2, 0.25) is 0 Å². The normalized spacial score (nSPS) is 21.2. The molecule has 1 atom stereocenters. The quantitative estimate of drug-likeness (QED) is 0.791. The number of hydrogen-bond acceptors (Lipinski definition) is 2. The van der Waals surface area contributed by atoms with Crippen LogP contribution in [-0.4, -0.2) is 41.2 Å². The van der Waals surface area contributed by atoms with Crippen LogP contribution in [0.4, 0.5) is 4.39 Å². The lowest BCUT2D eigenvalue weighted by atomic mass is 9.75. The average Bonchev–Trinajstić information content (AvgIpc) is 2.62. The van der Waals surface area contributed by atoms with Crippen LogP contribution in [0.1, 0.15) is 41.4 Å². The maximum atomic E-state index is 14.0. The summed E-state index contributed by atoms with van der Waals surface area (Å²) in [5, 5.41) is 0. The molecule has 5 heteroatoms. The largest absolute Gasteiger partial charge is 0.331 e. The summed E-state index contributed by atoms with van der Waals surface area (Å²) in [4.78, 5) is 28.9. The Balaban J connectivity index is 1.70. The van der Waals surface area contributed by atoms with Gasteiger partial charge >= 0.3 is 0 Å². The molecule has 2 aliphatic rings. The number of benzene rings is 2. The Morgan fingerprint density at radius 3 is 2.58 bits per heavy atom. The second kappa shape index (κ2) is 5.94. The number of amides is 2. The van der Waals surface area contributed by atoms with Crippen LogP contribution in [0.5, 0.6) is 0 Å². The lowest BCUT2D eigenvalue weighted by molar-refractivity contribution is -0.140. The van der Waals surface area contributed by atoms with Crippen molar-refractivity contribution in [3.8, 4) is 0 Å². The van der Waals surface area contributed by atoms with Gasteiger partial charge in [0.15, 0.2) is 0 Å². The number of piperazine rings is 1. The van der Waals surface area contributed by atoms with Gasteiger partial charge in [0.1, 0.15) is 12.4 Å². The van der Waals surface area contributed by atoms with E-state index in [0.29, 0.717) is 13.1 Å². The van der Waals surface area contributed by atoms with Crippen molar-refractivity contribution in [3.05, 3.63) is 71.0 Å². The third-order valence-corrected chi connectivity index (χ3v) is 5.42. The molecule has 0 bridgehead atoms. The minimum atomic E-state index is -0.558. The zero-order valence-electron chi connectivity index (χ0n) is 14.9. The minimum absolute atomic E-state index is 0.0120. The lowest BCUT2D eigenvalue weighted by Crippen LogP contribution is -2.58. The van der Waals surface area contributed by atoms with E-state index in [4.69, 9.17) is 0 Å². The van der Waals surface area contributed by atoms with Crippen molar-refractivity contribution in [1.29, 1.82) is 0 Å². The predicted molar refractivity (Wildman–Crippen MR) is 96.2 cm³/mol. The van der Waals surface area contributed by atoms with E-state index in [-0.39, 0.29) is 29.5 Å². The third-order valence-electron chi connectivity index (χ3n) is 5.42. The molecule has 0 radical (unpaired) electrons. The molecule has 4 rings (SSSR count). The molecular formula is C21H21FN2O2. The Bertz CT molecular complexity index is 893. The van der Waals surface area contributed by atoms with E-state index in [1.165, 1.54) is 22.6 Å². The van der Waals surface area contributed by atoms with Gasteiger partial charge in [-0.3, -0.25) is 9.59 Å². The van der Waals surface area contributed by atoms with Crippen LogP contribution >= 0.6 is 0 Å². The number of carbonyl (C=O) groups excluding carboxylic acids is 2. The van der Waals surface area contributed by atoms with Crippen molar-refractivity contribution in [2.45, 2.75) is 25.3 Å². The maximum absolute atomic E-state index is 14.0. The second-order valence-corrected chi connectivity index (χ2v) is 7.67. The fourth-order valence-electron chi connectivity index (χ4n) is 4.14. The first-order chi connectivity index (χ1) is 12.4. The highest BCUT2D eigenvalue weighted by Crippen LogP contribution is 2.41. The first-order valence-electron chi connectivity index (χ1n) is 8.81. The Kier molecular flexibility index (Phi) is 3.83. The maximum Gasteiger partial charge on any atom is 0.257 e. The Morgan fingerprint density at radius 2 is 1.81 bits per heavy atom. The van der Waals surface area contributed by atoms with Crippen LogP contribution in [0.3, 0.4) is 0 Å².